The molecule has 1 aliphatic rings. The van der Waals surface area contributed by atoms with Crippen LogP contribution in [0.4, 0.5) is 13.2 Å². The summed E-state index contributed by atoms with van der Waals surface area (Å²) in [7, 11) is 0. The zero-order valence-electron chi connectivity index (χ0n) is 14.0. The van der Waals surface area contributed by atoms with Gasteiger partial charge in [0.25, 0.3) is 0 Å². The second-order valence-corrected chi connectivity index (χ2v) is 7.27. The van der Waals surface area contributed by atoms with Gasteiger partial charge in [0.05, 0.1) is 11.6 Å². The molecular weight excluding hydrogens is 402 g/mol. The molecule has 1 heterocycles. The van der Waals surface area contributed by atoms with E-state index >= 15 is 0 Å². The van der Waals surface area contributed by atoms with Gasteiger partial charge in [-0.2, -0.15) is 13.2 Å². The highest BCUT2D eigenvalue weighted by atomic mass is 35.5. The molecule has 144 valence electrons. The number of carbonyl (C=O) groups is 1. The van der Waals surface area contributed by atoms with E-state index in [1.165, 1.54) is 6.07 Å². The Morgan fingerprint density at radius 1 is 1.19 bits per heavy atom. The van der Waals surface area contributed by atoms with Crippen molar-refractivity contribution in [3.63, 3.8) is 0 Å². The first-order valence-electron chi connectivity index (χ1n) is 8.29. The van der Waals surface area contributed by atoms with E-state index < -0.39 is 29.8 Å². The van der Waals surface area contributed by atoms with Crippen LogP contribution in [0.5, 0.6) is 0 Å². The molecule has 2 atom stereocenters. The van der Waals surface area contributed by atoms with E-state index in [9.17, 15) is 23.1 Å². The minimum Gasteiger partial charge on any atom is -0.480 e. The summed E-state index contributed by atoms with van der Waals surface area (Å²) in [6.07, 6.45) is -3.48. The first-order valence-corrected chi connectivity index (χ1v) is 9.04. The molecule has 1 fully saturated rings. The summed E-state index contributed by atoms with van der Waals surface area (Å²) in [6.45, 7) is 0.431. The number of hydrogen-bond donors (Lipinski definition) is 1. The number of aliphatic carboxylic acids is 1. The molecule has 1 saturated heterocycles. The zero-order valence-corrected chi connectivity index (χ0v) is 15.5. The average Bonchev–Trinajstić information content (AvgIpc) is 3.05. The van der Waals surface area contributed by atoms with E-state index in [4.69, 9.17) is 23.2 Å². The smallest absolute Gasteiger partial charge is 0.416 e. The Bertz CT molecular complexity index is 857. The SMILES string of the molecule is O=C(O)C1CCCN1C(c1cccc(Cl)c1)c1cc(C(F)(F)F)ccc1Cl. The molecule has 0 saturated carbocycles. The molecule has 3 rings (SSSR count). The number of carboxylic acid groups (broad SMARTS) is 1. The predicted octanol–water partition coefficient (Wildman–Crippen LogP) is 5.65. The molecule has 1 N–H and O–H groups in total. The molecule has 0 amide bonds. The van der Waals surface area contributed by atoms with Gasteiger partial charge in [-0.15, -0.1) is 0 Å². The normalized spacial score (nSPS) is 19.2. The van der Waals surface area contributed by atoms with E-state index in [0.29, 0.717) is 30.0 Å². The number of halogens is 5. The highest BCUT2D eigenvalue weighted by Gasteiger charge is 2.39. The average molecular weight is 418 g/mol. The van der Waals surface area contributed by atoms with Gasteiger partial charge in [0.2, 0.25) is 0 Å². The molecule has 0 radical (unpaired) electrons. The summed E-state index contributed by atoms with van der Waals surface area (Å²) < 4.78 is 39.7. The molecule has 0 spiro atoms. The van der Waals surface area contributed by atoms with Crippen molar-refractivity contribution < 1.29 is 23.1 Å². The Morgan fingerprint density at radius 2 is 1.93 bits per heavy atom. The molecule has 0 aromatic heterocycles. The van der Waals surface area contributed by atoms with Crippen LogP contribution >= 0.6 is 23.2 Å². The molecule has 1 aliphatic heterocycles. The summed E-state index contributed by atoms with van der Waals surface area (Å²) >= 11 is 12.3. The van der Waals surface area contributed by atoms with Crippen molar-refractivity contribution in [1.29, 1.82) is 0 Å². The molecule has 2 aromatic rings. The molecule has 0 aliphatic carbocycles. The highest BCUT2D eigenvalue weighted by Crippen LogP contribution is 2.41. The molecule has 2 aromatic carbocycles. The Hall–Kier alpha value is -1.76. The summed E-state index contributed by atoms with van der Waals surface area (Å²) in [5.74, 6) is -1.01. The minimum absolute atomic E-state index is 0.143. The van der Waals surface area contributed by atoms with Gasteiger partial charge in [-0.05, 0) is 54.3 Å². The Balaban J connectivity index is 2.17. The number of rotatable bonds is 4. The van der Waals surface area contributed by atoms with Crippen molar-refractivity contribution in [2.45, 2.75) is 31.1 Å². The molecule has 3 nitrogen and oxygen atoms in total. The van der Waals surface area contributed by atoms with Gasteiger partial charge in [-0.1, -0.05) is 35.3 Å². The van der Waals surface area contributed by atoms with Crippen molar-refractivity contribution in [3.8, 4) is 0 Å². The molecule has 27 heavy (non-hydrogen) atoms. The van der Waals surface area contributed by atoms with E-state index in [0.717, 1.165) is 12.1 Å². The fraction of sp³-hybridized carbons (Fsp3) is 0.316. The molecular formula is C19H16Cl2F3NO2. The fourth-order valence-electron chi connectivity index (χ4n) is 3.52. The third-order valence-electron chi connectivity index (χ3n) is 4.69. The number of nitrogens with zero attached hydrogens (tertiary/aromatic N) is 1. The van der Waals surface area contributed by atoms with Crippen molar-refractivity contribution in [2.24, 2.45) is 0 Å². The summed E-state index contributed by atoms with van der Waals surface area (Å²) in [6, 6.07) is 8.21. The van der Waals surface area contributed by atoms with Crippen LogP contribution in [0.3, 0.4) is 0 Å². The van der Waals surface area contributed by atoms with Gasteiger partial charge in [0, 0.05) is 16.6 Å². The van der Waals surface area contributed by atoms with Crippen molar-refractivity contribution in [2.75, 3.05) is 6.54 Å². The second kappa shape index (κ2) is 7.70. The lowest BCUT2D eigenvalue weighted by Gasteiger charge is -2.33. The van der Waals surface area contributed by atoms with Gasteiger partial charge < -0.3 is 5.11 Å². The lowest BCUT2D eigenvalue weighted by atomic mass is 9.94. The van der Waals surface area contributed by atoms with Crippen LogP contribution in [-0.4, -0.2) is 28.6 Å². The Labute approximate surface area is 164 Å². The van der Waals surface area contributed by atoms with Crippen molar-refractivity contribution in [3.05, 3.63) is 69.2 Å². The Morgan fingerprint density at radius 3 is 2.56 bits per heavy atom. The third-order valence-corrected chi connectivity index (χ3v) is 5.27. The van der Waals surface area contributed by atoms with E-state index in [-0.39, 0.29) is 10.6 Å². The van der Waals surface area contributed by atoms with Crippen LogP contribution in [0.1, 0.15) is 35.6 Å². The summed E-state index contributed by atoms with van der Waals surface area (Å²) in [5.41, 5.74) is -0.0289. The predicted molar refractivity (Wildman–Crippen MR) is 97.1 cm³/mol. The van der Waals surface area contributed by atoms with Gasteiger partial charge in [-0.3, -0.25) is 9.69 Å². The monoisotopic (exact) mass is 417 g/mol. The summed E-state index contributed by atoms with van der Waals surface area (Å²) in [4.78, 5) is 13.4. The maximum absolute atomic E-state index is 13.2. The molecule has 2 unspecified atom stereocenters. The standard InChI is InChI=1S/C19H16Cl2F3NO2/c20-13-4-1-3-11(9-13)17(25-8-2-5-16(25)18(26)27)14-10-12(19(22,23)24)6-7-15(14)21/h1,3-4,6-7,9-10,16-17H,2,5,8H2,(H,26,27). The van der Waals surface area contributed by atoms with Crippen LogP contribution in [-0.2, 0) is 11.0 Å². The van der Waals surface area contributed by atoms with Crippen LogP contribution in [0, 0.1) is 0 Å². The Kier molecular flexibility index (Phi) is 5.70. The van der Waals surface area contributed by atoms with E-state index in [1.54, 1.807) is 29.2 Å². The number of likely N-dealkylation sites (tertiary alicyclic amines) is 1. The number of alkyl halides is 3. The minimum atomic E-state index is -4.53. The zero-order chi connectivity index (χ0) is 19.8. The van der Waals surface area contributed by atoms with Gasteiger partial charge in [-0.25, -0.2) is 0 Å². The van der Waals surface area contributed by atoms with Crippen LogP contribution in [0.25, 0.3) is 0 Å². The van der Waals surface area contributed by atoms with Crippen LogP contribution in [0.15, 0.2) is 42.5 Å². The number of hydrogen-bond acceptors (Lipinski definition) is 2. The van der Waals surface area contributed by atoms with Crippen molar-refractivity contribution in [1.82, 2.24) is 4.90 Å². The number of benzene rings is 2. The van der Waals surface area contributed by atoms with Gasteiger partial charge in [0.15, 0.2) is 0 Å². The molecule has 8 heteroatoms. The second-order valence-electron chi connectivity index (χ2n) is 6.43. The van der Waals surface area contributed by atoms with Crippen molar-refractivity contribution >= 4 is 29.2 Å². The first kappa shape index (κ1) is 20.0. The van der Waals surface area contributed by atoms with Gasteiger partial charge in [0.1, 0.15) is 6.04 Å². The van der Waals surface area contributed by atoms with Crippen LogP contribution < -0.4 is 0 Å². The maximum atomic E-state index is 13.2. The lowest BCUT2D eigenvalue weighted by Crippen LogP contribution is -2.39. The van der Waals surface area contributed by atoms with Gasteiger partial charge >= 0.3 is 12.1 Å². The fourth-order valence-corrected chi connectivity index (χ4v) is 3.94. The quantitative estimate of drug-likeness (QED) is 0.698. The van der Waals surface area contributed by atoms with E-state index in [2.05, 4.69) is 0 Å². The third kappa shape index (κ3) is 4.23. The van der Waals surface area contributed by atoms with Crippen LogP contribution in [0.2, 0.25) is 10.0 Å². The number of carboxylic acids is 1. The topological polar surface area (TPSA) is 40.5 Å². The summed E-state index contributed by atoms with van der Waals surface area (Å²) in [5, 5.41) is 10.1. The highest BCUT2D eigenvalue weighted by molar-refractivity contribution is 6.31. The molecule has 0 bridgehead atoms. The largest absolute Gasteiger partial charge is 0.480 e. The maximum Gasteiger partial charge on any atom is 0.416 e. The first-order chi connectivity index (χ1) is 12.7. The lowest BCUT2D eigenvalue weighted by molar-refractivity contribution is -0.143. The van der Waals surface area contributed by atoms with E-state index in [1.807, 2.05) is 0 Å².